The molecule has 0 aliphatic rings. The Kier molecular flexibility index (Phi) is 5.09. The molecule has 0 aliphatic heterocycles. The fourth-order valence-electron chi connectivity index (χ4n) is 2.04. The van der Waals surface area contributed by atoms with E-state index >= 15 is 0 Å². The van der Waals surface area contributed by atoms with Crippen LogP contribution in [0.4, 0.5) is 4.39 Å². The largest absolute Gasteiger partial charge is 0.478 e. The molecule has 0 heterocycles. The first-order valence-corrected chi connectivity index (χ1v) is 7.28. The lowest BCUT2D eigenvalue weighted by Gasteiger charge is -2.16. The Morgan fingerprint density at radius 2 is 2.05 bits per heavy atom. The number of aromatic carboxylic acids is 1. The van der Waals surface area contributed by atoms with Crippen LogP contribution < -0.4 is 5.32 Å². The number of nitrogens with one attached hydrogen (secondary N) is 1. The van der Waals surface area contributed by atoms with Gasteiger partial charge in [0.25, 0.3) is 0 Å². The zero-order valence-electron chi connectivity index (χ0n) is 11.4. The molecule has 0 saturated heterocycles. The molecular formula is C16H15BrFNO2. The Bertz CT molecular complexity index is 660. The normalized spacial score (nSPS) is 12.1. The Morgan fingerprint density at radius 3 is 2.71 bits per heavy atom. The number of benzene rings is 2. The van der Waals surface area contributed by atoms with Gasteiger partial charge in [0.2, 0.25) is 0 Å². The van der Waals surface area contributed by atoms with Gasteiger partial charge in [-0.1, -0.05) is 34.1 Å². The van der Waals surface area contributed by atoms with Gasteiger partial charge in [0, 0.05) is 22.6 Å². The highest BCUT2D eigenvalue weighted by molar-refractivity contribution is 9.10. The highest BCUT2D eigenvalue weighted by atomic mass is 79.9. The lowest BCUT2D eigenvalue weighted by Crippen LogP contribution is -2.19. The van der Waals surface area contributed by atoms with Crippen LogP contribution in [0.1, 0.15) is 34.5 Å². The van der Waals surface area contributed by atoms with Gasteiger partial charge in [-0.15, -0.1) is 0 Å². The molecule has 0 saturated carbocycles. The summed E-state index contributed by atoms with van der Waals surface area (Å²) in [7, 11) is 0. The van der Waals surface area contributed by atoms with E-state index in [0.29, 0.717) is 5.56 Å². The molecule has 2 N–H and O–H groups in total. The molecule has 5 heteroatoms. The quantitative estimate of drug-likeness (QED) is 0.851. The number of carbonyl (C=O) groups is 1. The maximum absolute atomic E-state index is 13.7. The van der Waals surface area contributed by atoms with Crippen molar-refractivity contribution in [3.8, 4) is 0 Å². The summed E-state index contributed by atoms with van der Waals surface area (Å²) in [4.78, 5) is 10.9. The van der Waals surface area contributed by atoms with Crippen LogP contribution in [0.15, 0.2) is 46.9 Å². The number of carboxylic acids is 1. The fraction of sp³-hybridized carbons (Fsp3) is 0.188. The zero-order valence-corrected chi connectivity index (χ0v) is 13.0. The molecule has 21 heavy (non-hydrogen) atoms. The van der Waals surface area contributed by atoms with Crippen molar-refractivity contribution >= 4 is 21.9 Å². The second kappa shape index (κ2) is 6.83. The Morgan fingerprint density at radius 1 is 1.33 bits per heavy atom. The lowest BCUT2D eigenvalue weighted by molar-refractivity contribution is 0.0696. The molecule has 0 bridgehead atoms. The minimum absolute atomic E-state index is 0.00783. The molecule has 0 unspecified atom stereocenters. The summed E-state index contributed by atoms with van der Waals surface area (Å²) >= 11 is 3.48. The van der Waals surface area contributed by atoms with Gasteiger partial charge >= 0.3 is 5.97 Å². The van der Waals surface area contributed by atoms with Gasteiger partial charge in [0.1, 0.15) is 5.82 Å². The van der Waals surface area contributed by atoms with E-state index in [1.54, 1.807) is 0 Å². The van der Waals surface area contributed by atoms with Crippen LogP contribution in [0.25, 0.3) is 0 Å². The van der Waals surface area contributed by atoms with Crippen molar-refractivity contribution in [2.75, 3.05) is 0 Å². The lowest BCUT2D eigenvalue weighted by atomic mass is 10.1. The van der Waals surface area contributed by atoms with E-state index in [0.717, 1.165) is 10.0 Å². The summed E-state index contributed by atoms with van der Waals surface area (Å²) in [5, 5.41) is 12.1. The van der Waals surface area contributed by atoms with Gasteiger partial charge in [0.15, 0.2) is 0 Å². The van der Waals surface area contributed by atoms with Gasteiger partial charge in [-0.3, -0.25) is 0 Å². The zero-order chi connectivity index (χ0) is 15.4. The first-order valence-electron chi connectivity index (χ1n) is 6.48. The molecule has 1 atom stereocenters. The third-order valence-corrected chi connectivity index (χ3v) is 3.99. The summed E-state index contributed by atoms with van der Waals surface area (Å²) in [6.45, 7) is 2.23. The van der Waals surface area contributed by atoms with Crippen molar-refractivity contribution in [3.05, 3.63) is 69.4 Å². The van der Waals surface area contributed by atoms with Crippen molar-refractivity contribution < 1.29 is 14.3 Å². The third-order valence-electron chi connectivity index (χ3n) is 3.26. The van der Waals surface area contributed by atoms with E-state index < -0.39 is 11.8 Å². The average molecular weight is 352 g/mol. The minimum atomic E-state index is -1.06. The molecule has 0 radical (unpaired) electrons. The smallest absolute Gasteiger partial charge is 0.335 e. The highest BCUT2D eigenvalue weighted by Crippen LogP contribution is 2.23. The van der Waals surface area contributed by atoms with Gasteiger partial charge in [-0.25, -0.2) is 9.18 Å². The molecule has 0 amide bonds. The van der Waals surface area contributed by atoms with Gasteiger partial charge in [-0.05, 0) is 36.8 Å². The molecule has 0 fully saturated rings. The van der Waals surface area contributed by atoms with Crippen molar-refractivity contribution in [1.29, 1.82) is 0 Å². The monoisotopic (exact) mass is 351 g/mol. The van der Waals surface area contributed by atoms with Gasteiger partial charge in [-0.2, -0.15) is 0 Å². The summed E-state index contributed by atoms with van der Waals surface area (Å²) in [6.07, 6.45) is 0. The number of hydrogen-bond acceptors (Lipinski definition) is 2. The predicted octanol–water partition coefficient (Wildman–Crippen LogP) is 4.14. The van der Waals surface area contributed by atoms with Crippen LogP contribution in [-0.2, 0) is 6.54 Å². The second-order valence-electron chi connectivity index (χ2n) is 4.74. The minimum Gasteiger partial charge on any atom is -0.478 e. The Hall–Kier alpha value is -1.72. The van der Waals surface area contributed by atoms with E-state index in [2.05, 4.69) is 21.2 Å². The van der Waals surface area contributed by atoms with Gasteiger partial charge in [0.05, 0.1) is 5.56 Å². The van der Waals surface area contributed by atoms with Crippen molar-refractivity contribution in [3.63, 3.8) is 0 Å². The van der Waals surface area contributed by atoms with Crippen LogP contribution in [0.5, 0.6) is 0 Å². The Labute approximate surface area is 130 Å². The van der Waals surface area contributed by atoms with E-state index in [4.69, 9.17) is 5.11 Å². The molecule has 0 aromatic heterocycles. The van der Waals surface area contributed by atoms with Crippen LogP contribution in [0.2, 0.25) is 0 Å². The van der Waals surface area contributed by atoms with Crippen molar-refractivity contribution in [2.24, 2.45) is 0 Å². The van der Waals surface area contributed by atoms with Crippen molar-refractivity contribution in [1.82, 2.24) is 5.32 Å². The molecule has 0 spiro atoms. The molecule has 0 aliphatic carbocycles. The maximum Gasteiger partial charge on any atom is 0.335 e. The third kappa shape index (κ3) is 3.89. The topological polar surface area (TPSA) is 49.3 Å². The van der Waals surface area contributed by atoms with E-state index in [9.17, 15) is 9.18 Å². The number of carboxylic acid groups (broad SMARTS) is 1. The standard InChI is InChI=1S/C16H15BrFNO2/c1-10(13-4-2-3-5-14(13)17)19-9-12-8-11(16(20)21)6-7-15(12)18/h2-8,10,19H,9H2,1H3,(H,20,21)/t10-/m0/s1. The summed E-state index contributed by atoms with van der Waals surface area (Å²) < 4.78 is 14.7. The second-order valence-corrected chi connectivity index (χ2v) is 5.59. The SMILES string of the molecule is C[C@H](NCc1cc(C(=O)O)ccc1F)c1ccccc1Br. The number of halogens is 2. The van der Waals surface area contributed by atoms with E-state index in [-0.39, 0.29) is 18.2 Å². The predicted molar refractivity (Wildman–Crippen MR) is 82.8 cm³/mol. The summed E-state index contributed by atoms with van der Waals surface area (Å²) in [6, 6.07) is 11.6. The van der Waals surface area contributed by atoms with E-state index in [1.807, 2.05) is 31.2 Å². The van der Waals surface area contributed by atoms with Crippen LogP contribution in [0.3, 0.4) is 0 Å². The average Bonchev–Trinajstić information content (AvgIpc) is 2.46. The molecular weight excluding hydrogens is 337 g/mol. The molecule has 3 nitrogen and oxygen atoms in total. The maximum atomic E-state index is 13.7. The van der Waals surface area contributed by atoms with Crippen LogP contribution >= 0.6 is 15.9 Å². The molecule has 110 valence electrons. The first kappa shape index (κ1) is 15.7. The van der Waals surface area contributed by atoms with E-state index in [1.165, 1.54) is 18.2 Å². The molecule has 2 aromatic rings. The summed E-state index contributed by atoms with van der Waals surface area (Å²) in [5.41, 5.74) is 1.49. The number of rotatable bonds is 5. The van der Waals surface area contributed by atoms with Crippen LogP contribution in [0, 0.1) is 5.82 Å². The van der Waals surface area contributed by atoms with Gasteiger partial charge < -0.3 is 10.4 Å². The molecule has 2 aromatic carbocycles. The fourth-order valence-corrected chi connectivity index (χ4v) is 2.67. The summed E-state index contributed by atoms with van der Waals surface area (Å²) in [5.74, 6) is -1.47. The van der Waals surface area contributed by atoms with Crippen LogP contribution in [-0.4, -0.2) is 11.1 Å². The highest BCUT2D eigenvalue weighted by Gasteiger charge is 2.11. The van der Waals surface area contributed by atoms with Crippen molar-refractivity contribution in [2.45, 2.75) is 19.5 Å². The first-order chi connectivity index (χ1) is 9.99. The Balaban J connectivity index is 2.11. The molecule has 2 rings (SSSR count). The number of hydrogen-bond donors (Lipinski definition) is 2.